The molecule has 0 heterocycles. The molecular weight excluding hydrogens is 350 g/mol. The number of hydrogen-bond donors (Lipinski definition) is 0. The zero-order valence-electron chi connectivity index (χ0n) is 15.3. The van der Waals surface area contributed by atoms with Gasteiger partial charge in [-0.05, 0) is 61.2 Å². The van der Waals surface area contributed by atoms with E-state index in [0.29, 0.717) is 5.92 Å². The van der Waals surface area contributed by atoms with Gasteiger partial charge in [-0.1, -0.05) is 80.6 Å². The lowest BCUT2D eigenvalue weighted by atomic mass is 9.91. The SMILES string of the molecule is CCC(C)c1ccc2c(-c3c(P)ccc4ccccc34)c(P)ccc2c1. The van der Waals surface area contributed by atoms with Crippen molar-refractivity contribution in [2.45, 2.75) is 26.2 Å². The largest absolute Gasteiger partial charge is 0.105 e. The highest BCUT2D eigenvalue weighted by molar-refractivity contribution is 7.29. The van der Waals surface area contributed by atoms with Crippen LogP contribution in [-0.2, 0) is 0 Å². The third-order valence-electron chi connectivity index (χ3n) is 5.47. The summed E-state index contributed by atoms with van der Waals surface area (Å²) < 4.78 is 0. The number of hydrogen-bond acceptors (Lipinski definition) is 0. The van der Waals surface area contributed by atoms with Crippen molar-refractivity contribution in [3.05, 3.63) is 72.3 Å². The van der Waals surface area contributed by atoms with Gasteiger partial charge in [0.2, 0.25) is 0 Å². The summed E-state index contributed by atoms with van der Waals surface area (Å²) >= 11 is 0. The molecule has 0 bridgehead atoms. The standard InChI is InChI=1S/C24H24P2/c1-3-15(2)17-8-11-20-18(14-17)10-13-22(26)24(20)23-19-7-5-4-6-16(19)9-12-21(23)25/h4-15H,3,25-26H2,1-2H3. The lowest BCUT2D eigenvalue weighted by Gasteiger charge is -2.17. The van der Waals surface area contributed by atoms with E-state index >= 15 is 0 Å². The monoisotopic (exact) mass is 374 g/mol. The van der Waals surface area contributed by atoms with E-state index in [1.54, 1.807) is 0 Å². The lowest BCUT2D eigenvalue weighted by molar-refractivity contribution is 0.735. The van der Waals surface area contributed by atoms with E-state index in [2.05, 4.69) is 99.1 Å². The molecule has 3 unspecified atom stereocenters. The average Bonchev–Trinajstić information content (AvgIpc) is 2.68. The van der Waals surface area contributed by atoms with Crippen LogP contribution in [0.3, 0.4) is 0 Å². The predicted octanol–water partition coefficient (Wildman–Crippen LogP) is 6.17. The molecule has 0 nitrogen and oxygen atoms in total. The van der Waals surface area contributed by atoms with E-state index in [4.69, 9.17) is 0 Å². The lowest BCUT2D eigenvalue weighted by Crippen LogP contribution is -2.06. The molecule has 0 fully saturated rings. The average molecular weight is 374 g/mol. The van der Waals surface area contributed by atoms with Crippen molar-refractivity contribution in [3.8, 4) is 11.1 Å². The van der Waals surface area contributed by atoms with Gasteiger partial charge in [0.15, 0.2) is 0 Å². The first-order valence-corrected chi connectivity index (χ1v) is 10.4. The molecule has 130 valence electrons. The zero-order valence-corrected chi connectivity index (χ0v) is 17.6. The van der Waals surface area contributed by atoms with Crippen molar-refractivity contribution in [3.63, 3.8) is 0 Å². The minimum absolute atomic E-state index is 0.591. The predicted molar refractivity (Wildman–Crippen MR) is 124 cm³/mol. The molecule has 0 amide bonds. The minimum atomic E-state index is 0.591. The van der Waals surface area contributed by atoms with Crippen molar-refractivity contribution >= 4 is 50.6 Å². The molecule has 2 heteroatoms. The Morgan fingerprint density at radius 3 is 2.04 bits per heavy atom. The van der Waals surface area contributed by atoms with Gasteiger partial charge in [-0.3, -0.25) is 0 Å². The van der Waals surface area contributed by atoms with Gasteiger partial charge >= 0.3 is 0 Å². The fourth-order valence-corrected chi connectivity index (χ4v) is 4.55. The number of benzene rings is 4. The van der Waals surface area contributed by atoms with Crippen LogP contribution in [0.15, 0.2) is 66.7 Å². The van der Waals surface area contributed by atoms with E-state index < -0.39 is 0 Å². The summed E-state index contributed by atoms with van der Waals surface area (Å²) in [6.45, 7) is 4.56. The summed E-state index contributed by atoms with van der Waals surface area (Å²) in [6.07, 6.45) is 1.17. The molecule has 0 N–H and O–H groups in total. The van der Waals surface area contributed by atoms with Crippen LogP contribution in [0, 0.1) is 0 Å². The van der Waals surface area contributed by atoms with E-state index in [1.807, 2.05) is 0 Å². The van der Waals surface area contributed by atoms with E-state index in [-0.39, 0.29) is 0 Å². The highest BCUT2D eigenvalue weighted by Crippen LogP contribution is 2.35. The second-order valence-corrected chi connectivity index (χ2v) is 8.31. The van der Waals surface area contributed by atoms with Crippen LogP contribution in [0.4, 0.5) is 0 Å². The summed E-state index contributed by atoms with van der Waals surface area (Å²) in [4.78, 5) is 0. The van der Waals surface area contributed by atoms with Crippen LogP contribution >= 0.6 is 18.5 Å². The molecule has 4 aromatic carbocycles. The van der Waals surface area contributed by atoms with Crippen LogP contribution in [0.2, 0.25) is 0 Å². The fourth-order valence-electron chi connectivity index (χ4n) is 3.75. The molecular formula is C24H24P2. The highest BCUT2D eigenvalue weighted by Gasteiger charge is 2.14. The van der Waals surface area contributed by atoms with Crippen molar-refractivity contribution < 1.29 is 0 Å². The highest BCUT2D eigenvalue weighted by atomic mass is 31.0. The summed E-state index contributed by atoms with van der Waals surface area (Å²) in [5, 5.41) is 7.72. The Morgan fingerprint density at radius 1 is 0.731 bits per heavy atom. The third kappa shape index (κ3) is 2.96. The van der Waals surface area contributed by atoms with Crippen LogP contribution in [-0.4, -0.2) is 0 Å². The first kappa shape index (κ1) is 17.7. The molecule has 4 rings (SSSR count). The van der Waals surface area contributed by atoms with Gasteiger partial charge in [0, 0.05) is 0 Å². The molecule has 0 aliphatic rings. The third-order valence-corrected chi connectivity index (χ3v) is 6.43. The van der Waals surface area contributed by atoms with Crippen molar-refractivity contribution in [2.75, 3.05) is 0 Å². The maximum absolute atomic E-state index is 2.94. The van der Waals surface area contributed by atoms with Crippen molar-refractivity contribution in [1.29, 1.82) is 0 Å². The second kappa shape index (κ2) is 7.11. The van der Waals surface area contributed by atoms with E-state index in [0.717, 1.165) is 0 Å². The number of rotatable bonds is 3. The zero-order chi connectivity index (χ0) is 18.3. The molecule has 3 atom stereocenters. The molecule has 0 saturated carbocycles. The maximum Gasteiger partial charge on any atom is -0.00212 e. The summed E-state index contributed by atoms with van der Waals surface area (Å²) in [7, 11) is 5.87. The van der Waals surface area contributed by atoms with Crippen LogP contribution in [0.1, 0.15) is 31.7 Å². The fraction of sp³-hybridized carbons (Fsp3) is 0.167. The molecule has 0 saturated heterocycles. The molecule has 26 heavy (non-hydrogen) atoms. The molecule has 0 spiro atoms. The normalized spacial score (nSPS) is 12.6. The minimum Gasteiger partial charge on any atom is -0.105 e. The number of fused-ring (bicyclic) bond motifs is 2. The Balaban J connectivity index is 2.06. The molecule has 0 aliphatic heterocycles. The van der Waals surface area contributed by atoms with Crippen molar-refractivity contribution in [1.82, 2.24) is 0 Å². The quantitative estimate of drug-likeness (QED) is 0.376. The van der Waals surface area contributed by atoms with Gasteiger partial charge < -0.3 is 0 Å². The van der Waals surface area contributed by atoms with Crippen molar-refractivity contribution in [2.24, 2.45) is 0 Å². The van der Waals surface area contributed by atoms with Gasteiger partial charge in [-0.2, -0.15) is 0 Å². The Morgan fingerprint density at radius 2 is 1.35 bits per heavy atom. The van der Waals surface area contributed by atoms with Gasteiger partial charge in [0.1, 0.15) is 0 Å². The molecule has 0 radical (unpaired) electrons. The summed E-state index contributed by atoms with van der Waals surface area (Å²) in [5.41, 5.74) is 4.07. The molecule has 4 aromatic rings. The summed E-state index contributed by atoms with van der Waals surface area (Å²) in [5.74, 6) is 0.591. The Kier molecular flexibility index (Phi) is 4.83. The van der Waals surface area contributed by atoms with Gasteiger partial charge in [-0.25, -0.2) is 0 Å². The topological polar surface area (TPSA) is 0 Å². The Bertz CT molecular complexity index is 1110. The first-order chi connectivity index (χ1) is 12.6. The first-order valence-electron chi connectivity index (χ1n) is 9.20. The summed E-state index contributed by atoms with van der Waals surface area (Å²) in [6, 6.07) is 24.5. The van der Waals surface area contributed by atoms with Gasteiger partial charge in [0.05, 0.1) is 0 Å². The molecule has 0 aliphatic carbocycles. The van der Waals surface area contributed by atoms with Crippen LogP contribution in [0.5, 0.6) is 0 Å². The molecule has 0 aromatic heterocycles. The van der Waals surface area contributed by atoms with E-state index in [9.17, 15) is 0 Å². The Hall–Kier alpha value is -1.74. The second-order valence-electron chi connectivity index (χ2n) is 7.07. The smallest absolute Gasteiger partial charge is 0.00212 e. The Labute approximate surface area is 160 Å². The van der Waals surface area contributed by atoms with Crippen LogP contribution < -0.4 is 10.6 Å². The van der Waals surface area contributed by atoms with Crippen LogP contribution in [0.25, 0.3) is 32.7 Å². The van der Waals surface area contributed by atoms with Gasteiger partial charge in [-0.15, -0.1) is 18.5 Å². The van der Waals surface area contributed by atoms with E-state index in [1.165, 1.54) is 55.3 Å². The van der Waals surface area contributed by atoms with Gasteiger partial charge in [0.25, 0.3) is 0 Å². The maximum atomic E-state index is 2.94.